The summed E-state index contributed by atoms with van der Waals surface area (Å²) in [5, 5.41) is 15.3. The van der Waals surface area contributed by atoms with Crippen LogP contribution in [0.25, 0.3) is 0 Å². The smallest absolute Gasteiger partial charge is 0.351 e. The molecule has 2 N–H and O–H groups in total. The van der Waals surface area contributed by atoms with Gasteiger partial charge in [-0.05, 0) is 70.2 Å². The second kappa shape index (κ2) is 15.4. The van der Waals surface area contributed by atoms with Gasteiger partial charge in [-0.15, -0.1) is 0 Å². The fourth-order valence-electron chi connectivity index (χ4n) is 5.86. The van der Waals surface area contributed by atoms with Crippen LogP contribution in [0.15, 0.2) is 108 Å². The summed E-state index contributed by atoms with van der Waals surface area (Å²) < 4.78 is 19.0. The minimum Gasteiger partial charge on any atom is -0.459 e. The van der Waals surface area contributed by atoms with Crippen LogP contribution in [-0.4, -0.2) is 80.4 Å². The summed E-state index contributed by atoms with van der Waals surface area (Å²) in [6.07, 6.45) is -2.70. The predicted octanol–water partition coefficient (Wildman–Crippen LogP) is 4.33. The molecular formula is C37H40N4O8. The van der Waals surface area contributed by atoms with Crippen LogP contribution < -0.4 is 11.0 Å². The topological polar surface area (TPSA) is 149 Å². The molecule has 1 amide bonds. The lowest BCUT2D eigenvalue weighted by molar-refractivity contribution is -0.132. The highest BCUT2D eigenvalue weighted by Crippen LogP contribution is 2.42. The molecule has 49 heavy (non-hydrogen) atoms. The van der Waals surface area contributed by atoms with E-state index in [1.165, 1.54) is 12.3 Å². The number of aliphatic hydroxyl groups is 1. The molecule has 1 aromatic heterocycles. The van der Waals surface area contributed by atoms with Crippen molar-refractivity contribution in [3.05, 3.63) is 130 Å². The number of hydrogen-bond acceptors (Lipinski definition) is 10. The zero-order valence-corrected chi connectivity index (χ0v) is 27.8. The molecule has 0 radical (unpaired) electrons. The third-order valence-corrected chi connectivity index (χ3v) is 8.32. The van der Waals surface area contributed by atoms with Crippen molar-refractivity contribution in [1.29, 1.82) is 0 Å². The minimum atomic E-state index is -2.05. The van der Waals surface area contributed by atoms with Crippen molar-refractivity contribution < 1.29 is 33.7 Å². The van der Waals surface area contributed by atoms with Crippen LogP contribution in [0.3, 0.4) is 0 Å². The first-order chi connectivity index (χ1) is 23.5. The number of carbonyl (C=O) groups excluding carboxylic acids is 3. The van der Waals surface area contributed by atoms with Gasteiger partial charge in [-0.3, -0.25) is 14.3 Å². The highest BCUT2D eigenvalue weighted by Gasteiger charge is 2.60. The van der Waals surface area contributed by atoms with E-state index in [-0.39, 0.29) is 30.0 Å². The van der Waals surface area contributed by atoms with E-state index in [0.29, 0.717) is 11.1 Å². The largest absolute Gasteiger partial charge is 0.459 e. The van der Waals surface area contributed by atoms with Crippen LogP contribution in [0.4, 0.5) is 5.82 Å². The maximum atomic E-state index is 13.6. The molecule has 5 rings (SSSR count). The molecule has 0 aliphatic carbocycles. The minimum absolute atomic E-state index is 0.0111. The van der Waals surface area contributed by atoms with Crippen LogP contribution in [-0.2, 0) is 14.2 Å². The Balaban J connectivity index is 1.52. The predicted molar refractivity (Wildman–Crippen MR) is 181 cm³/mol. The number of nitrogens with one attached hydrogen (secondary N) is 1. The second-order valence-corrected chi connectivity index (χ2v) is 12.4. The van der Waals surface area contributed by atoms with E-state index < -0.39 is 54.2 Å². The number of carbonyl (C=O) groups is 3. The Morgan fingerprint density at radius 2 is 1.39 bits per heavy atom. The van der Waals surface area contributed by atoms with Gasteiger partial charge < -0.3 is 24.6 Å². The fraction of sp³-hybridized carbons (Fsp3) is 0.324. The Kier molecular flexibility index (Phi) is 11.0. The lowest BCUT2D eigenvalue weighted by Crippen LogP contribution is -2.59. The molecule has 1 saturated heterocycles. The average molecular weight is 669 g/mol. The van der Waals surface area contributed by atoms with Gasteiger partial charge in [0.1, 0.15) is 18.5 Å². The molecule has 1 aliphatic rings. The van der Waals surface area contributed by atoms with Gasteiger partial charge in [0.25, 0.3) is 5.91 Å². The first-order valence-electron chi connectivity index (χ1n) is 16.0. The van der Waals surface area contributed by atoms with E-state index in [1.807, 2.05) is 32.6 Å². The summed E-state index contributed by atoms with van der Waals surface area (Å²) in [6.45, 7) is 7.32. The SMILES string of the molecule is CC(C)N(CC1(O)C(OC(=O)c2ccccc2)[C@@H](COC(=O)c2ccccc2)O[C@H]1n1ccc(NC(=O)c2ccccc2)nc1=O)C(C)C. The maximum absolute atomic E-state index is 13.6. The number of esters is 2. The molecule has 12 heteroatoms. The number of rotatable bonds is 12. The molecular weight excluding hydrogens is 628 g/mol. The van der Waals surface area contributed by atoms with E-state index in [0.717, 1.165) is 4.57 Å². The molecule has 4 atom stereocenters. The van der Waals surface area contributed by atoms with Crippen molar-refractivity contribution in [1.82, 2.24) is 14.5 Å². The summed E-state index contributed by atoms with van der Waals surface area (Å²) >= 11 is 0. The quantitative estimate of drug-likeness (QED) is 0.209. The van der Waals surface area contributed by atoms with Crippen molar-refractivity contribution in [2.45, 2.75) is 63.8 Å². The van der Waals surface area contributed by atoms with E-state index in [1.54, 1.807) is 91.0 Å². The number of benzene rings is 3. The summed E-state index contributed by atoms with van der Waals surface area (Å²) in [4.78, 5) is 58.8. The maximum Gasteiger partial charge on any atom is 0.351 e. The normalized spacial score (nSPS) is 20.4. The molecule has 0 spiro atoms. The standard InChI is InChI=1S/C37H40N4O8/c1-24(2)41(25(3)4)23-37(46)31(49-34(44)28-18-12-7-13-19-28)29(22-47-33(43)27-16-10-6-11-17-27)48-35(37)40-21-20-30(39-36(40)45)38-32(42)26-14-8-5-9-15-26/h5-21,24-25,29,31,35,46H,22-23H2,1-4H3,(H,38,39,42,45)/t29-,31?,35-,37?/m1/s1. The summed E-state index contributed by atoms with van der Waals surface area (Å²) in [7, 11) is 0. The molecule has 4 aromatic rings. The van der Waals surface area contributed by atoms with E-state index in [2.05, 4.69) is 10.3 Å². The van der Waals surface area contributed by atoms with Crippen molar-refractivity contribution >= 4 is 23.7 Å². The number of hydrogen-bond donors (Lipinski definition) is 2. The zero-order chi connectivity index (χ0) is 35.1. The number of ether oxygens (including phenoxy) is 3. The Morgan fingerprint density at radius 1 is 0.857 bits per heavy atom. The Morgan fingerprint density at radius 3 is 1.92 bits per heavy atom. The van der Waals surface area contributed by atoms with Gasteiger partial charge in [-0.2, -0.15) is 4.98 Å². The van der Waals surface area contributed by atoms with Crippen LogP contribution in [0.5, 0.6) is 0 Å². The fourth-order valence-corrected chi connectivity index (χ4v) is 5.86. The molecule has 2 unspecified atom stereocenters. The molecule has 0 saturated carbocycles. The first-order valence-corrected chi connectivity index (χ1v) is 16.0. The molecule has 12 nitrogen and oxygen atoms in total. The summed E-state index contributed by atoms with van der Waals surface area (Å²) in [5.41, 5.74) is -1.99. The first kappa shape index (κ1) is 35.1. The number of nitrogens with zero attached hydrogens (tertiary/aromatic N) is 3. The third kappa shape index (κ3) is 8.11. The Hall–Kier alpha value is -5.17. The number of amides is 1. The van der Waals surface area contributed by atoms with Crippen LogP contribution in [0.1, 0.15) is 65.0 Å². The van der Waals surface area contributed by atoms with Crippen LogP contribution in [0, 0.1) is 0 Å². The van der Waals surface area contributed by atoms with Gasteiger partial charge in [-0.25, -0.2) is 14.4 Å². The highest BCUT2D eigenvalue weighted by molar-refractivity contribution is 6.03. The molecule has 3 aromatic carbocycles. The van der Waals surface area contributed by atoms with E-state index >= 15 is 0 Å². The lowest BCUT2D eigenvalue weighted by atomic mass is 9.91. The monoisotopic (exact) mass is 668 g/mol. The van der Waals surface area contributed by atoms with Gasteiger partial charge in [0.15, 0.2) is 17.9 Å². The second-order valence-electron chi connectivity index (χ2n) is 12.4. The van der Waals surface area contributed by atoms with Gasteiger partial charge >= 0.3 is 17.6 Å². The molecule has 256 valence electrons. The molecule has 0 bridgehead atoms. The zero-order valence-electron chi connectivity index (χ0n) is 27.8. The summed E-state index contributed by atoms with van der Waals surface area (Å²) in [6, 6.07) is 26.3. The van der Waals surface area contributed by atoms with Crippen molar-refractivity contribution in [2.75, 3.05) is 18.5 Å². The van der Waals surface area contributed by atoms with Crippen molar-refractivity contribution in [3.8, 4) is 0 Å². The molecule has 2 heterocycles. The lowest BCUT2D eigenvalue weighted by Gasteiger charge is -2.41. The van der Waals surface area contributed by atoms with Crippen LogP contribution in [0.2, 0.25) is 0 Å². The van der Waals surface area contributed by atoms with Crippen LogP contribution >= 0.6 is 0 Å². The van der Waals surface area contributed by atoms with Gasteiger partial charge in [0.2, 0.25) is 0 Å². The Bertz CT molecular complexity index is 1790. The van der Waals surface area contributed by atoms with Crippen molar-refractivity contribution in [3.63, 3.8) is 0 Å². The Labute approximate surface area is 284 Å². The van der Waals surface area contributed by atoms with Crippen molar-refractivity contribution in [2.24, 2.45) is 0 Å². The third-order valence-electron chi connectivity index (χ3n) is 8.32. The highest BCUT2D eigenvalue weighted by atomic mass is 16.6. The number of anilines is 1. The molecule has 1 aliphatic heterocycles. The van der Waals surface area contributed by atoms with E-state index in [9.17, 15) is 24.3 Å². The molecule has 1 fully saturated rings. The summed E-state index contributed by atoms with van der Waals surface area (Å²) in [5.74, 6) is -1.86. The van der Waals surface area contributed by atoms with Gasteiger partial charge in [0, 0.05) is 30.4 Å². The van der Waals surface area contributed by atoms with Gasteiger partial charge in [0.05, 0.1) is 11.1 Å². The van der Waals surface area contributed by atoms with Gasteiger partial charge in [-0.1, -0.05) is 54.6 Å². The number of aromatic nitrogens is 2. The van der Waals surface area contributed by atoms with E-state index in [4.69, 9.17) is 14.2 Å². The average Bonchev–Trinajstić information content (AvgIpc) is 3.37.